The van der Waals surface area contributed by atoms with Crippen LogP contribution in [0.5, 0.6) is 0 Å². The minimum atomic E-state index is -0.426. The van der Waals surface area contributed by atoms with Crippen molar-refractivity contribution in [2.45, 2.75) is 44.1 Å². The number of nitrogens with one attached hydrogen (secondary N) is 2. The van der Waals surface area contributed by atoms with Gasteiger partial charge in [-0.2, -0.15) is 0 Å². The zero-order chi connectivity index (χ0) is 21.7. The summed E-state index contributed by atoms with van der Waals surface area (Å²) in [5, 5.41) is 16.3. The highest BCUT2D eigenvalue weighted by molar-refractivity contribution is 8.00. The summed E-state index contributed by atoms with van der Waals surface area (Å²) in [4.78, 5) is 29.0. The van der Waals surface area contributed by atoms with Crippen LogP contribution in [0.15, 0.2) is 34.8 Å². The van der Waals surface area contributed by atoms with E-state index < -0.39 is 5.25 Å². The molecule has 158 valence electrons. The molecule has 0 aliphatic rings. The van der Waals surface area contributed by atoms with E-state index in [1.165, 1.54) is 47.4 Å². The number of rotatable bonds is 8. The third-order valence-electron chi connectivity index (χ3n) is 4.06. The van der Waals surface area contributed by atoms with Crippen LogP contribution in [0.3, 0.4) is 0 Å². The average molecular weight is 449 g/mol. The molecule has 0 saturated carbocycles. The van der Waals surface area contributed by atoms with Crippen LogP contribution < -0.4 is 10.6 Å². The third-order valence-corrected chi connectivity index (χ3v) is 6.01. The van der Waals surface area contributed by atoms with Crippen LogP contribution in [0, 0.1) is 12.7 Å². The molecule has 0 bridgehead atoms. The summed E-state index contributed by atoms with van der Waals surface area (Å²) in [6, 6.07) is 5.53. The van der Waals surface area contributed by atoms with Gasteiger partial charge in [0.1, 0.15) is 11.6 Å². The Labute approximate surface area is 181 Å². The first-order chi connectivity index (χ1) is 14.4. The van der Waals surface area contributed by atoms with Gasteiger partial charge in [-0.05, 0) is 45.0 Å². The lowest BCUT2D eigenvalue weighted by Crippen LogP contribution is -2.23. The number of hydrogen-bond donors (Lipinski definition) is 2. The van der Waals surface area contributed by atoms with Crippen molar-refractivity contribution in [1.29, 1.82) is 0 Å². The molecule has 0 aliphatic heterocycles. The fraction of sp³-hybridized carbons (Fsp3) is 0.316. The van der Waals surface area contributed by atoms with Crippen molar-refractivity contribution in [3.8, 4) is 0 Å². The standard InChI is InChI=1S/C19H21FN6O2S2/c1-4-26-15(9-16(27)22-14-7-5-13(20)6-8-14)24-25-19(26)30-12(3)17(28)23-18-21-11(2)10-29-18/h5-8,10,12H,4,9H2,1-3H3,(H,22,27)(H,21,23,28). The van der Waals surface area contributed by atoms with Crippen LogP contribution in [0.1, 0.15) is 25.4 Å². The van der Waals surface area contributed by atoms with Crippen molar-refractivity contribution in [3.63, 3.8) is 0 Å². The summed E-state index contributed by atoms with van der Waals surface area (Å²) in [7, 11) is 0. The maximum absolute atomic E-state index is 13.0. The van der Waals surface area contributed by atoms with Gasteiger partial charge < -0.3 is 15.2 Å². The maximum atomic E-state index is 13.0. The molecule has 1 atom stereocenters. The van der Waals surface area contributed by atoms with E-state index in [0.29, 0.717) is 28.3 Å². The number of thioether (sulfide) groups is 1. The van der Waals surface area contributed by atoms with E-state index in [-0.39, 0.29) is 24.1 Å². The van der Waals surface area contributed by atoms with Crippen molar-refractivity contribution in [2.24, 2.45) is 0 Å². The third kappa shape index (κ3) is 5.63. The number of anilines is 2. The van der Waals surface area contributed by atoms with Gasteiger partial charge in [-0.15, -0.1) is 21.5 Å². The van der Waals surface area contributed by atoms with Crippen molar-refractivity contribution in [2.75, 3.05) is 10.6 Å². The summed E-state index contributed by atoms with van der Waals surface area (Å²) in [6.45, 7) is 6.10. The lowest BCUT2D eigenvalue weighted by molar-refractivity contribution is -0.116. The lowest BCUT2D eigenvalue weighted by Gasteiger charge is -2.11. The average Bonchev–Trinajstić information content (AvgIpc) is 3.28. The maximum Gasteiger partial charge on any atom is 0.239 e. The van der Waals surface area contributed by atoms with E-state index in [0.717, 1.165) is 5.69 Å². The fourth-order valence-electron chi connectivity index (χ4n) is 2.57. The Balaban J connectivity index is 1.62. The summed E-state index contributed by atoms with van der Waals surface area (Å²) >= 11 is 2.63. The zero-order valence-electron chi connectivity index (χ0n) is 16.7. The van der Waals surface area contributed by atoms with E-state index in [2.05, 4.69) is 25.8 Å². The molecule has 0 fully saturated rings. The molecule has 2 heterocycles. The number of benzene rings is 1. The SMILES string of the molecule is CCn1c(CC(=O)Nc2ccc(F)cc2)nnc1SC(C)C(=O)Nc1nc(C)cs1. The number of carbonyl (C=O) groups excluding carboxylic acids is 2. The second-order valence-electron chi connectivity index (χ2n) is 6.42. The molecule has 3 aromatic rings. The minimum absolute atomic E-state index is 0.0117. The number of halogens is 1. The zero-order valence-corrected chi connectivity index (χ0v) is 18.3. The lowest BCUT2D eigenvalue weighted by atomic mass is 10.3. The molecule has 0 radical (unpaired) electrons. The Morgan fingerprint density at radius 3 is 2.60 bits per heavy atom. The predicted octanol–water partition coefficient (Wildman–Crippen LogP) is 3.50. The molecule has 2 amide bonds. The number of hydrogen-bond acceptors (Lipinski definition) is 7. The van der Waals surface area contributed by atoms with Crippen LogP contribution in [0.4, 0.5) is 15.2 Å². The molecule has 1 unspecified atom stereocenters. The van der Waals surface area contributed by atoms with Gasteiger partial charge in [-0.3, -0.25) is 9.59 Å². The number of nitrogens with zero attached hydrogens (tertiary/aromatic N) is 4. The van der Waals surface area contributed by atoms with E-state index in [1.54, 1.807) is 11.5 Å². The predicted molar refractivity (Wildman–Crippen MR) is 115 cm³/mol. The molecular formula is C19H21FN6O2S2. The highest BCUT2D eigenvalue weighted by atomic mass is 32.2. The van der Waals surface area contributed by atoms with Gasteiger partial charge >= 0.3 is 0 Å². The van der Waals surface area contributed by atoms with Crippen molar-refractivity contribution in [3.05, 3.63) is 47.0 Å². The molecule has 0 spiro atoms. The van der Waals surface area contributed by atoms with Gasteiger partial charge in [0.15, 0.2) is 10.3 Å². The van der Waals surface area contributed by atoms with Crippen LogP contribution in [-0.4, -0.2) is 36.8 Å². The molecule has 2 N–H and O–H groups in total. The van der Waals surface area contributed by atoms with Crippen LogP contribution in [0.25, 0.3) is 0 Å². The smallest absolute Gasteiger partial charge is 0.239 e. The van der Waals surface area contributed by atoms with E-state index >= 15 is 0 Å². The van der Waals surface area contributed by atoms with Crippen LogP contribution in [0.2, 0.25) is 0 Å². The number of aryl methyl sites for hydroxylation is 1. The Bertz CT molecular complexity index is 1030. The van der Waals surface area contributed by atoms with Crippen molar-refractivity contribution < 1.29 is 14.0 Å². The molecule has 1 aromatic carbocycles. The molecule has 0 aliphatic carbocycles. The molecular weight excluding hydrogens is 427 g/mol. The summed E-state index contributed by atoms with van der Waals surface area (Å²) in [6.07, 6.45) is 0.0117. The van der Waals surface area contributed by atoms with E-state index in [9.17, 15) is 14.0 Å². The monoisotopic (exact) mass is 448 g/mol. The topological polar surface area (TPSA) is 102 Å². The quantitative estimate of drug-likeness (QED) is 0.512. The largest absolute Gasteiger partial charge is 0.326 e. The minimum Gasteiger partial charge on any atom is -0.326 e. The Morgan fingerprint density at radius 1 is 1.23 bits per heavy atom. The van der Waals surface area contributed by atoms with E-state index in [4.69, 9.17) is 0 Å². The molecule has 0 saturated heterocycles. The second kappa shape index (κ2) is 9.81. The fourth-order valence-corrected chi connectivity index (χ4v) is 4.19. The molecule has 11 heteroatoms. The van der Waals surface area contributed by atoms with Gasteiger partial charge in [0.2, 0.25) is 11.8 Å². The summed E-state index contributed by atoms with van der Waals surface area (Å²) in [5.74, 6) is -0.355. The second-order valence-corrected chi connectivity index (χ2v) is 8.58. The number of aromatic nitrogens is 4. The van der Waals surface area contributed by atoms with Gasteiger partial charge in [-0.25, -0.2) is 9.37 Å². The van der Waals surface area contributed by atoms with Crippen LogP contribution >= 0.6 is 23.1 Å². The van der Waals surface area contributed by atoms with Gasteiger partial charge in [-0.1, -0.05) is 11.8 Å². The van der Waals surface area contributed by atoms with Crippen LogP contribution in [-0.2, 0) is 22.6 Å². The molecule has 3 rings (SSSR count). The summed E-state index contributed by atoms with van der Waals surface area (Å²) < 4.78 is 14.8. The van der Waals surface area contributed by atoms with E-state index in [1.807, 2.05) is 19.2 Å². The number of carbonyl (C=O) groups is 2. The summed E-state index contributed by atoms with van der Waals surface area (Å²) in [5.41, 5.74) is 1.35. The Morgan fingerprint density at radius 2 is 1.97 bits per heavy atom. The molecule has 30 heavy (non-hydrogen) atoms. The molecule has 8 nitrogen and oxygen atoms in total. The van der Waals surface area contributed by atoms with Gasteiger partial charge in [0, 0.05) is 17.6 Å². The number of amides is 2. The molecule has 2 aromatic heterocycles. The van der Waals surface area contributed by atoms with Crippen molar-refractivity contribution in [1.82, 2.24) is 19.7 Å². The Hall–Kier alpha value is -2.79. The highest BCUT2D eigenvalue weighted by Gasteiger charge is 2.21. The van der Waals surface area contributed by atoms with Gasteiger partial charge in [0.05, 0.1) is 17.4 Å². The Kier molecular flexibility index (Phi) is 7.16. The van der Waals surface area contributed by atoms with Gasteiger partial charge in [0.25, 0.3) is 0 Å². The first-order valence-corrected chi connectivity index (χ1v) is 11.0. The number of thiazole rings is 1. The first kappa shape index (κ1) is 21.9. The van der Waals surface area contributed by atoms with Crippen molar-refractivity contribution >= 4 is 45.7 Å². The first-order valence-electron chi connectivity index (χ1n) is 9.23. The normalized spacial score (nSPS) is 11.9. The highest BCUT2D eigenvalue weighted by Crippen LogP contribution is 2.24.